The average Bonchev–Trinajstić information content (AvgIpc) is 2.47. The SMILES string of the molecule is COc1cncc(NS(=O)(=O)c2cc(C(F)F)ccc2F)c1. The lowest BCUT2D eigenvalue weighted by Gasteiger charge is -2.10. The minimum Gasteiger partial charge on any atom is -0.495 e. The summed E-state index contributed by atoms with van der Waals surface area (Å²) < 4.78 is 70.1. The first-order valence-corrected chi connectivity index (χ1v) is 7.41. The number of hydrogen-bond donors (Lipinski definition) is 1. The number of rotatable bonds is 5. The van der Waals surface area contributed by atoms with Crippen LogP contribution < -0.4 is 9.46 Å². The third-order valence-corrected chi connectivity index (χ3v) is 4.09. The van der Waals surface area contributed by atoms with Crippen LogP contribution in [0, 0.1) is 5.82 Å². The molecule has 0 amide bonds. The van der Waals surface area contributed by atoms with Crippen LogP contribution >= 0.6 is 0 Å². The Morgan fingerprint density at radius 2 is 1.95 bits per heavy atom. The molecule has 0 saturated heterocycles. The Hall–Kier alpha value is -2.29. The number of halogens is 3. The molecule has 9 heteroatoms. The summed E-state index contributed by atoms with van der Waals surface area (Å²) in [5, 5.41) is 0. The summed E-state index contributed by atoms with van der Waals surface area (Å²) >= 11 is 0. The van der Waals surface area contributed by atoms with Gasteiger partial charge in [-0.15, -0.1) is 0 Å². The molecule has 2 rings (SSSR count). The van der Waals surface area contributed by atoms with Crippen LogP contribution in [0.4, 0.5) is 18.9 Å². The predicted molar refractivity (Wildman–Crippen MR) is 73.0 cm³/mol. The molecule has 0 atom stereocenters. The molecule has 5 nitrogen and oxygen atoms in total. The van der Waals surface area contributed by atoms with Crippen LogP contribution in [-0.2, 0) is 10.0 Å². The highest BCUT2D eigenvalue weighted by Crippen LogP contribution is 2.26. The summed E-state index contributed by atoms with van der Waals surface area (Å²) in [7, 11) is -3.02. The van der Waals surface area contributed by atoms with Gasteiger partial charge in [-0.3, -0.25) is 9.71 Å². The first-order valence-electron chi connectivity index (χ1n) is 5.93. The second-order valence-electron chi connectivity index (χ2n) is 4.21. The van der Waals surface area contributed by atoms with Crippen LogP contribution in [0.25, 0.3) is 0 Å². The molecule has 118 valence electrons. The third kappa shape index (κ3) is 3.48. The van der Waals surface area contributed by atoms with Crippen molar-refractivity contribution >= 4 is 15.7 Å². The number of alkyl halides is 2. The highest BCUT2D eigenvalue weighted by Gasteiger charge is 2.22. The van der Waals surface area contributed by atoms with E-state index < -0.39 is 32.7 Å². The number of nitrogens with one attached hydrogen (secondary N) is 1. The van der Waals surface area contributed by atoms with E-state index in [-0.39, 0.29) is 11.4 Å². The smallest absolute Gasteiger partial charge is 0.264 e. The summed E-state index contributed by atoms with van der Waals surface area (Å²) in [4.78, 5) is 2.87. The van der Waals surface area contributed by atoms with E-state index in [0.29, 0.717) is 12.1 Å². The molecule has 1 heterocycles. The lowest BCUT2D eigenvalue weighted by molar-refractivity contribution is 0.151. The fourth-order valence-corrected chi connectivity index (χ4v) is 2.81. The standard InChI is InChI=1S/C13H11F3N2O3S/c1-21-10-5-9(6-17-7-10)18-22(19,20)12-4-8(13(15)16)2-3-11(12)14/h2-7,13,18H,1H3. The molecule has 1 N–H and O–H groups in total. The number of methoxy groups -OCH3 is 1. The Bertz CT molecular complexity index is 782. The fraction of sp³-hybridized carbons (Fsp3) is 0.154. The van der Waals surface area contributed by atoms with Gasteiger partial charge in [0, 0.05) is 11.6 Å². The highest BCUT2D eigenvalue weighted by molar-refractivity contribution is 7.92. The maximum Gasteiger partial charge on any atom is 0.264 e. The lowest BCUT2D eigenvalue weighted by atomic mass is 10.2. The zero-order valence-electron chi connectivity index (χ0n) is 11.3. The van der Waals surface area contributed by atoms with Gasteiger partial charge in [-0.1, -0.05) is 6.07 Å². The summed E-state index contributed by atoms with van der Waals surface area (Å²) in [5.74, 6) is -0.852. The molecule has 0 bridgehead atoms. The molecule has 22 heavy (non-hydrogen) atoms. The number of hydrogen-bond acceptors (Lipinski definition) is 4. The van der Waals surface area contributed by atoms with Crippen molar-refractivity contribution in [1.29, 1.82) is 0 Å². The van der Waals surface area contributed by atoms with Crippen molar-refractivity contribution in [3.63, 3.8) is 0 Å². The number of aromatic nitrogens is 1. The van der Waals surface area contributed by atoms with Crippen molar-refractivity contribution in [2.75, 3.05) is 11.8 Å². The Kier molecular flexibility index (Phi) is 4.55. The van der Waals surface area contributed by atoms with Gasteiger partial charge in [0.15, 0.2) is 0 Å². The fourth-order valence-electron chi connectivity index (χ4n) is 1.66. The second kappa shape index (κ2) is 6.22. The molecule has 0 radical (unpaired) electrons. The van der Waals surface area contributed by atoms with Gasteiger partial charge in [0.2, 0.25) is 0 Å². The van der Waals surface area contributed by atoms with Crippen molar-refractivity contribution < 1.29 is 26.3 Å². The highest BCUT2D eigenvalue weighted by atomic mass is 32.2. The minimum absolute atomic E-state index is 0.0150. The monoisotopic (exact) mass is 332 g/mol. The van der Waals surface area contributed by atoms with Crippen molar-refractivity contribution in [1.82, 2.24) is 4.98 Å². The number of ether oxygens (including phenoxy) is 1. The van der Waals surface area contributed by atoms with Crippen LogP contribution in [0.2, 0.25) is 0 Å². The number of benzene rings is 1. The summed E-state index contributed by atoms with van der Waals surface area (Å²) in [6.45, 7) is 0. The summed E-state index contributed by atoms with van der Waals surface area (Å²) in [5.41, 5.74) is -0.577. The van der Waals surface area contributed by atoms with Gasteiger partial charge in [-0.25, -0.2) is 21.6 Å². The number of pyridine rings is 1. The number of anilines is 1. The normalized spacial score (nSPS) is 11.5. The second-order valence-corrected chi connectivity index (χ2v) is 5.86. The Balaban J connectivity index is 2.39. The van der Waals surface area contributed by atoms with Gasteiger partial charge in [-0.05, 0) is 12.1 Å². The first kappa shape index (κ1) is 16.1. The Morgan fingerprint density at radius 3 is 2.59 bits per heavy atom. The average molecular weight is 332 g/mol. The van der Waals surface area contributed by atoms with Crippen LogP contribution in [0.5, 0.6) is 5.75 Å². The van der Waals surface area contributed by atoms with Crippen LogP contribution in [0.15, 0.2) is 41.6 Å². The molecule has 0 aliphatic carbocycles. The quantitative estimate of drug-likeness (QED) is 0.914. The number of nitrogens with zero attached hydrogens (tertiary/aromatic N) is 1. The van der Waals surface area contributed by atoms with Gasteiger partial charge in [0.25, 0.3) is 16.4 Å². The molecule has 0 aliphatic rings. The van der Waals surface area contributed by atoms with E-state index in [2.05, 4.69) is 9.71 Å². The maximum absolute atomic E-state index is 13.7. The van der Waals surface area contributed by atoms with E-state index in [4.69, 9.17) is 4.74 Å². The van der Waals surface area contributed by atoms with Gasteiger partial charge in [0.05, 0.1) is 25.2 Å². The maximum atomic E-state index is 13.7. The molecule has 2 aromatic rings. The molecular weight excluding hydrogens is 321 g/mol. The topological polar surface area (TPSA) is 68.3 Å². The summed E-state index contributed by atoms with van der Waals surface area (Å²) in [6.07, 6.45) is -0.391. The molecular formula is C13H11F3N2O3S. The van der Waals surface area contributed by atoms with Crippen molar-refractivity contribution in [3.05, 3.63) is 48.0 Å². The van der Waals surface area contributed by atoms with E-state index in [1.165, 1.54) is 25.6 Å². The van der Waals surface area contributed by atoms with E-state index in [1.54, 1.807) is 0 Å². The van der Waals surface area contributed by atoms with Gasteiger partial charge in [-0.2, -0.15) is 0 Å². The minimum atomic E-state index is -4.38. The van der Waals surface area contributed by atoms with Crippen molar-refractivity contribution in [2.45, 2.75) is 11.3 Å². The van der Waals surface area contributed by atoms with Gasteiger partial charge in [0.1, 0.15) is 16.5 Å². The third-order valence-electron chi connectivity index (χ3n) is 2.70. The largest absolute Gasteiger partial charge is 0.495 e. The zero-order chi connectivity index (χ0) is 16.3. The van der Waals surface area contributed by atoms with Crippen LogP contribution in [-0.4, -0.2) is 20.5 Å². The first-order chi connectivity index (χ1) is 10.3. The molecule has 0 spiro atoms. The molecule has 0 saturated carbocycles. The Morgan fingerprint density at radius 1 is 1.23 bits per heavy atom. The van der Waals surface area contributed by atoms with E-state index in [9.17, 15) is 21.6 Å². The zero-order valence-corrected chi connectivity index (χ0v) is 12.1. The van der Waals surface area contributed by atoms with E-state index in [0.717, 1.165) is 6.07 Å². The predicted octanol–water partition coefficient (Wildman–Crippen LogP) is 2.97. The van der Waals surface area contributed by atoms with Crippen LogP contribution in [0.1, 0.15) is 12.0 Å². The number of sulfonamides is 1. The summed E-state index contributed by atoms with van der Waals surface area (Å²) in [6, 6.07) is 3.42. The molecule has 0 aliphatic heterocycles. The molecule has 0 unspecified atom stereocenters. The van der Waals surface area contributed by atoms with E-state index >= 15 is 0 Å². The van der Waals surface area contributed by atoms with Crippen molar-refractivity contribution in [3.8, 4) is 5.75 Å². The molecule has 1 aromatic heterocycles. The molecule has 0 fully saturated rings. The Labute approximate surface area is 124 Å². The van der Waals surface area contributed by atoms with Crippen molar-refractivity contribution in [2.24, 2.45) is 0 Å². The van der Waals surface area contributed by atoms with Gasteiger partial charge < -0.3 is 4.74 Å². The van der Waals surface area contributed by atoms with Crippen LogP contribution in [0.3, 0.4) is 0 Å². The lowest BCUT2D eigenvalue weighted by Crippen LogP contribution is -2.15. The van der Waals surface area contributed by atoms with Gasteiger partial charge >= 0.3 is 0 Å². The van der Waals surface area contributed by atoms with E-state index in [1.807, 2.05) is 0 Å². The molecule has 1 aromatic carbocycles.